The van der Waals surface area contributed by atoms with Gasteiger partial charge < -0.3 is 15.2 Å². The molecule has 0 rings (SSSR count). The third-order valence-corrected chi connectivity index (χ3v) is 2.65. The zero-order chi connectivity index (χ0) is 12.9. The maximum atomic E-state index is 11.4. The molecule has 0 aliphatic rings. The SMILES string of the molecule is CCCCCCCCC(=O)NCC(O)COC. The number of amides is 1. The highest BCUT2D eigenvalue weighted by Crippen LogP contribution is 2.06. The smallest absolute Gasteiger partial charge is 0.220 e. The van der Waals surface area contributed by atoms with E-state index in [0.29, 0.717) is 6.42 Å². The quantitative estimate of drug-likeness (QED) is 0.546. The fourth-order valence-electron chi connectivity index (χ4n) is 1.64. The number of aliphatic hydroxyl groups excluding tert-OH is 1. The first kappa shape index (κ1) is 16.4. The van der Waals surface area contributed by atoms with E-state index in [1.807, 2.05) is 0 Å². The molecule has 0 heterocycles. The van der Waals surface area contributed by atoms with Crippen molar-refractivity contribution in [1.82, 2.24) is 5.32 Å². The van der Waals surface area contributed by atoms with Gasteiger partial charge in [-0.25, -0.2) is 0 Å². The van der Waals surface area contributed by atoms with Gasteiger partial charge in [-0.2, -0.15) is 0 Å². The normalized spacial score (nSPS) is 12.4. The van der Waals surface area contributed by atoms with Gasteiger partial charge in [0.05, 0.1) is 12.7 Å². The Bertz CT molecular complexity index is 186. The van der Waals surface area contributed by atoms with Crippen LogP contribution in [-0.4, -0.2) is 37.4 Å². The van der Waals surface area contributed by atoms with E-state index in [1.165, 1.54) is 32.8 Å². The van der Waals surface area contributed by atoms with E-state index < -0.39 is 6.10 Å². The predicted octanol–water partition coefficient (Wildman–Crippen LogP) is 1.86. The number of aliphatic hydroxyl groups is 1. The van der Waals surface area contributed by atoms with Crippen LogP contribution in [0.3, 0.4) is 0 Å². The van der Waals surface area contributed by atoms with Crippen LogP contribution in [0, 0.1) is 0 Å². The summed E-state index contributed by atoms with van der Waals surface area (Å²) in [6.45, 7) is 2.73. The number of ether oxygens (including phenoxy) is 1. The van der Waals surface area contributed by atoms with Crippen molar-refractivity contribution >= 4 is 5.91 Å². The first-order valence-electron chi connectivity index (χ1n) is 6.64. The Hall–Kier alpha value is -0.610. The second-order valence-electron chi connectivity index (χ2n) is 4.43. The van der Waals surface area contributed by atoms with E-state index >= 15 is 0 Å². The van der Waals surface area contributed by atoms with Crippen LogP contribution in [0.2, 0.25) is 0 Å². The molecule has 1 atom stereocenters. The van der Waals surface area contributed by atoms with Crippen molar-refractivity contribution in [2.24, 2.45) is 0 Å². The van der Waals surface area contributed by atoms with Gasteiger partial charge in [0.2, 0.25) is 5.91 Å². The van der Waals surface area contributed by atoms with E-state index in [4.69, 9.17) is 4.74 Å². The zero-order valence-corrected chi connectivity index (χ0v) is 11.2. The van der Waals surface area contributed by atoms with Gasteiger partial charge in [0.25, 0.3) is 0 Å². The summed E-state index contributed by atoms with van der Waals surface area (Å²) >= 11 is 0. The molecule has 0 radical (unpaired) electrons. The number of unbranched alkanes of at least 4 members (excludes halogenated alkanes) is 5. The van der Waals surface area contributed by atoms with Crippen LogP contribution in [0.4, 0.5) is 0 Å². The second-order valence-corrected chi connectivity index (χ2v) is 4.43. The van der Waals surface area contributed by atoms with Crippen LogP contribution >= 0.6 is 0 Å². The van der Waals surface area contributed by atoms with E-state index in [9.17, 15) is 9.90 Å². The van der Waals surface area contributed by atoms with Crippen LogP contribution in [0.15, 0.2) is 0 Å². The molecule has 102 valence electrons. The molecule has 4 nitrogen and oxygen atoms in total. The van der Waals surface area contributed by atoms with Crippen LogP contribution in [0.1, 0.15) is 51.9 Å². The molecule has 0 aromatic rings. The van der Waals surface area contributed by atoms with Gasteiger partial charge in [-0.1, -0.05) is 39.0 Å². The molecule has 0 saturated carbocycles. The number of methoxy groups -OCH3 is 1. The number of carbonyl (C=O) groups excluding carboxylic acids is 1. The van der Waals surface area contributed by atoms with Gasteiger partial charge in [-0.05, 0) is 6.42 Å². The lowest BCUT2D eigenvalue weighted by molar-refractivity contribution is -0.121. The highest BCUT2D eigenvalue weighted by molar-refractivity contribution is 5.75. The van der Waals surface area contributed by atoms with Crippen molar-refractivity contribution in [2.75, 3.05) is 20.3 Å². The molecule has 0 aliphatic carbocycles. The summed E-state index contributed by atoms with van der Waals surface area (Å²) < 4.78 is 4.77. The van der Waals surface area contributed by atoms with Crippen molar-refractivity contribution in [2.45, 2.75) is 58.0 Å². The summed E-state index contributed by atoms with van der Waals surface area (Å²) in [6, 6.07) is 0. The molecule has 0 aliphatic heterocycles. The molecule has 4 heteroatoms. The lowest BCUT2D eigenvalue weighted by atomic mass is 10.1. The minimum Gasteiger partial charge on any atom is -0.389 e. The lowest BCUT2D eigenvalue weighted by Crippen LogP contribution is -2.34. The Labute approximate surface area is 105 Å². The molecular weight excluding hydrogens is 218 g/mol. The molecule has 2 N–H and O–H groups in total. The topological polar surface area (TPSA) is 58.6 Å². The molecule has 0 spiro atoms. The number of carbonyl (C=O) groups is 1. The van der Waals surface area contributed by atoms with E-state index in [-0.39, 0.29) is 19.1 Å². The number of hydrogen-bond acceptors (Lipinski definition) is 3. The second kappa shape index (κ2) is 11.9. The molecule has 0 aromatic heterocycles. The van der Waals surface area contributed by atoms with Gasteiger partial charge in [-0.15, -0.1) is 0 Å². The Morgan fingerprint density at radius 1 is 1.24 bits per heavy atom. The fraction of sp³-hybridized carbons (Fsp3) is 0.923. The molecule has 0 fully saturated rings. The molecule has 1 amide bonds. The largest absolute Gasteiger partial charge is 0.389 e. The van der Waals surface area contributed by atoms with Crippen LogP contribution < -0.4 is 5.32 Å². The zero-order valence-electron chi connectivity index (χ0n) is 11.2. The third-order valence-electron chi connectivity index (χ3n) is 2.65. The van der Waals surface area contributed by atoms with Gasteiger partial charge in [0, 0.05) is 20.1 Å². The standard InChI is InChI=1S/C13H27NO3/c1-3-4-5-6-7-8-9-13(16)14-10-12(15)11-17-2/h12,15H,3-11H2,1-2H3,(H,14,16). The van der Waals surface area contributed by atoms with E-state index in [1.54, 1.807) is 0 Å². The highest BCUT2D eigenvalue weighted by atomic mass is 16.5. The van der Waals surface area contributed by atoms with E-state index in [0.717, 1.165) is 12.8 Å². The average Bonchev–Trinajstić information content (AvgIpc) is 2.31. The third kappa shape index (κ3) is 11.6. The van der Waals surface area contributed by atoms with Crippen LogP contribution in [-0.2, 0) is 9.53 Å². The molecule has 0 aromatic carbocycles. The number of hydrogen-bond donors (Lipinski definition) is 2. The molecule has 0 saturated heterocycles. The minimum atomic E-state index is -0.603. The van der Waals surface area contributed by atoms with Gasteiger partial charge >= 0.3 is 0 Å². The van der Waals surface area contributed by atoms with Crippen molar-refractivity contribution in [3.05, 3.63) is 0 Å². The molecule has 17 heavy (non-hydrogen) atoms. The Morgan fingerprint density at radius 3 is 2.53 bits per heavy atom. The van der Waals surface area contributed by atoms with Crippen molar-refractivity contribution in [3.8, 4) is 0 Å². The Kier molecular flexibility index (Phi) is 11.4. The first-order chi connectivity index (χ1) is 8.20. The van der Waals surface area contributed by atoms with Crippen LogP contribution in [0.5, 0.6) is 0 Å². The van der Waals surface area contributed by atoms with Gasteiger partial charge in [0.1, 0.15) is 0 Å². The Morgan fingerprint density at radius 2 is 1.88 bits per heavy atom. The fourth-order valence-corrected chi connectivity index (χ4v) is 1.64. The Balaban J connectivity index is 3.28. The number of nitrogens with one attached hydrogen (secondary N) is 1. The van der Waals surface area contributed by atoms with Gasteiger partial charge in [-0.3, -0.25) is 4.79 Å². The summed E-state index contributed by atoms with van der Waals surface area (Å²) in [4.78, 5) is 11.4. The van der Waals surface area contributed by atoms with Crippen molar-refractivity contribution in [1.29, 1.82) is 0 Å². The minimum absolute atomic E-state index is 0.0237. The predicted molar refractivity (Wildman–Crippen MR) is 68.9 cm³/mol. The molecule has 1 unspecified atom stereocenters. The highest BCUT2D eigenvalue weighted by Gasteiger charge is 2.06. The molecular formula is C13H27NO3. The summed E-state index contributed by atoms with van der Waals surface area (Å²) in [5, 5.41) is 12.0. The monoisotopic (exact) mass is 245 g/mol. The van der Waals surface area contributed by atoms with E-state index in [2.05, 4.69) is 12.2 Å². The maximum absolute atomic E-state index is 11.4. The lowest BCUT2D eigenvalue weighted by Gasteiger charge is -2.10. The molecule has 0 bridgehead atoms. The summed E-state index contributed by atoms with van der Waals surface area (Å²) in [5.74, 6) is 0.0237. The summed E-state index contributed by atoms with van der Waals surface area (Å²) in [7, 11) is 1.53. The number of rotatable bonds is 11. The summed E-state index contributed by atoms with van der Waals surface area (Å²) in [6.07, 6.45) is 7.04. The van der Waals surface area contributed by atoms with Crippen molar-refractivity contribution in [3.63, 3.8) is 0 Å². The van der Waals surface area contributed by atoms with Gasteiger partial charge in [0.15, 0.2) is 0 Å². The van der Waals surface area contributed by atoms with Crippen molar-refractivity contribution < 1.29 is 14.6 Å². The van der Waals surface area contributed by atoms with Crippen LogP contribution in [0.25, 0.3) is 0 Å². The first-order valence-corrected chi connectivity index (χ1v) is 6.64. The maximum Gasteiger partial charge on any atom is 0.220 e. The average molecular weight is 245 g/mol. The summed E-state index contributed by atoms with van der Waals surface area (Å²) in [5.41, 5.74) is 0.